The minimum Gasteiger partial charge on any atom is -0.463 e. The maximum Gasteiger partial charge on any atom is 0.318 e. The van der Waals surface area contributed by atoms with Crippen LogP contribution >= 0.6 is 0 Å². The smallest absolute Gasteiger partial charge is 0.318 e. The molecule has 1 aromatic carbocycles. The molecule has 1 aromatic heterocycles. The summed E-state index contributed by atoms with van der Waals surface area (Å²) in [5, 5.41) is 0. The number of anilines is 1. The number of benzene rings is 1. The Morgan fingerprint density at radius 1 is 1.12 bits per heavy atom. The van der Waals surface area contributed by atoms with Gasteiger partial charge in [-0.05, 0) is 50.1 Å². The number of nitrogens with zero attached hydrogens (tertiary/aromatic N) is 3. The van der Waals surface area contributed by atoms with Crippen molar-refractivity contribution in [3.63, 3.8) is 0 Å². The molecule has 26 heavy (non-hydrogen) atoms. The Morgan fingerprint density at radius 3 is 2.54 bits per heavy atom. The zero-order valence-electron chi connectivity index (χ0n) is 16.0. The van der Waals surface area contributed by atoms with E-state index in [0.717, 1.165) is 43.5 Å². The van der Waals surface area contributed by atoms with E-state index in [0.29, 0.717) is 18.4 Å². The zero-order chi connectivity index (χ0) is 18.5. The van der Waals surface area contributed by atoms with Gasteiger partial charge in [0.1, 0.15) is 5.82 Å². The molecule has 3 rings (SSSR count). The molecule has 1 aliphatic rings. The van der Waals surface area contributed by atoms with Crippen LogP contribution in [0.4, 0.5) is 5.82 Å². The molecular formula is C21H28N4O. The first-order valence-corrected chi connectivity index (χ1v) is 9.28. The fourth-order valence-corrected chi connectivity index (χ4v) is 3.14. The topological polar surface area (TPSA) is 64.3 Å². The number of allylic oxidation sites excluding steroid dienone is 2. The molecule has 2 aromatic rings. The van der Waals surface area contributed by atoms with Gasteiger partial charge in [0.05, 0.1) is 12.3 Å². The van der Waals surface area contributed by atoms with Crippen molar-refractivity contribution >= 4 is 11.4 Å². The summed E-state index contributed by atoms with van der Waals surface area (Å²) in [5.41, 5.74) is 11.9. The van der Waals surface area contributed by atoms with Gasteiger partial charge in [-0.15, -0.1) is 0 Å². The molecule has 138 valence electrons. The van der Waals surface area contributed by atoms with E-state index in [2.05, 4.69) is 66.2 Å². The molecule has 0 spiro atoms. The van der Waals surface area contributed by atoms with E-state index in [9.17, 15) is 0 Å². The van der Waals surface area contributed by atoms with Gasteiger partial charge in [-0.2, -0.15) is 9.97 Å². The molecule has 2 N–H and O–H groups in total. The molecule has 0 saturated heterocycles. The van der Waals surface area contributed by atoms with Crippen LogP contribution in [0.15, 0.2) is 30.3 Å². The van der Waals surface area contributed by atoms with Gasteiger partial charge < -0.3 is 15.4 Å². The molecule has 0 radical (unpaired) electrons. The van der Waals surface area contributed by atoms with E-state index in [-0.39, 0.29) is 0 Å². The molecule has 5 heteroatoms. The van der Waals surface area contributed by atoms with Gasteiger partial charge in [0.25, 0.3) is 0 Å². The maximum atomic E-state index is 6.13. The molecule has 0 amide bonds. The number of nitrogens with two attached hydrogens (primary N) is 1. The van der Waals surface area contributed by atoms with Gasteiger partial charge in [-0.3, -0.25) is 0 Å². The van der Waals surface area contributed by atoms with E-state index in [1.54, 1.807) is 0 Å². The number of unbranched alkanes of at least 4 members (excludes halogenated alkanes) is 1. The van der Waals surface area contributed by atoms with Crippen LogP contribution in [0, 0.1) is 0 Å². The third-order valence-corrected chi connectivity index (χ3v) is 4.52. The summed E-state index contributed by atoms with van der Waals surface area (Å²) in [6.45, 7) is 3.71. The molecule has 0 saturated carbocycles. The zero-order valence-corrected chi connectivity index (χ0v) is 16.0. The number of aromatic nitrogens is 2. The number of hydrogen-bond acceptors (Lipinski definition) is 5. The number of hydrogen-bond donors (Lipinski definition) is 1. The second kappa shape index (κ2) is 8.32. The first-order chi connectivity index (χ1) is 12.6. The predicted octanol–water partition coefficient (Wildman–Crippen LogP) is 3.48. The molecule has 0 bridgehead atoms. The fourth-order valence-electron chi connectivity index (χ4n) is 3.14. The summed E-state index contributed by atoms with van der Waals surface area (Å²) in [6.07, 6.45) is 5.92. The summed E-state index contributed by atoms with van der Waals surface area (Å²) < 4.78 is 5.67. The Bertz CT molecular complexity index is 781. The first kappa shape index (κ1) is 18.4. The third kappa shape index (κ3) is 4.41. The Labute approximate surface area is 155 Å². The Morgan fingerprint density at radius 2 is 1.85 bits per heavy atom. The van der Waals surface area contributed by atoms with Crippen LogP contribution in [0.2, 0.25) is 0 Å². The minimum atomic E-state index is 0.392. The Balaban J connectivity index is 1.73. The van der Waals surface area contributed by atoms with Crippen molar-refractivity contribution in [3.8, 4) is 6.01 Å². The Hall–Kier alpha value is -2.40. The number of ether oxygens (including phenoxy) is 1. The largest absolute Gasteiger partial charge is 0.463 e. The molecule has 0 aliphatic heterocycles. The molecule has 0 unspecified atom stereocenters. The van der Waals surface area contributed by atoms with Crippen LogP contribution < -0.4 is 10.5 Å². The third-order valence-electron chi connectivity index (χ3n) is 4.52. The van der Waals surface area contributed by atoms with Gasteiger partial charge in [0.15, 0.2) is 0 Å². The lowest BCUT2D eigenvalue weighted by Gasteiger charge is -2.12. The molecule has 1 aliphatic carbocycles. The van der Waals surface area contributed by atoms with Crippen LogP contribution in [0.5, 0.6) is 6.01 Å². The van der Waals surface area contributed by atoms with Crippen LogP contribution in [0.1, 0.15) is 42.1 Å². The normalized spacial score (nSPS) is 13.0. The van der Waals surface area contributed by atoms with Crippen LogP contribution in [-0.4, -0.2) is 35.6 Å². The van der Waals surface area contributed by atoms with Gasteiger partial charge in [0.2, 0.25) is 0 Å². The summed E-state index contributed by atoms with van der Waals surface area (Å²) in [5.74, 6) is 0.536. The van der Waals surface area contributed by atoms with Crippen molar-refractivity contribution in [1.29, 1.82) is 0 Å². The lowest BCUT2D eigenvalue weighted by atomic mass is 10.0. The number of rotatable bonds is 8. The quantitative estimate of drug-likeness (QED) is 0.737. The first-order valence-electron chi connectivity index (χ1n) is 9.28. The van der Waals surface area contributed by atoms with E-state index >= 15 is 0 Å². The number of fused-ring (bicyclic) bond motifs is 1. The van der Waals surface area contributed by atoms with Crippen LogP contribution in [-0.2, 0) is 19.4 Å². The molecule has 0 atom stereocenters. The van der Waals surface area contributed by atoms with Gasteiger partial charge >= 0.3 is 6.01 Å². The second-order valence-electron chi connectivity index (χ2n) is 7.09. The average Bonchev–Trinajstić information content (AvgIpc) is 3.00. The maximum absolute atomic E-state index is 6.13. The highest BCUT2D eigenvalue weighted by Crippen LogP contribution is 2.32. The van der Waals surface area contributed by atoms with Crippen molar-refractivity contribution in [2.45, 2.75) is 39.2 Å². The number of nitrogen functional groups attached to an aromatic ring is 1. The minimum absolute atomic E-state index is 0.392. The van der Waals surface area contributed by atoms with Crippen LogP contribution in [0.25, 0.3) is 5.57 Å². The van der Waals surface area contributed by atoms with Crippen molar-refractivity contribution in [2.24, 2.45) is 0 Å². The van der Waals surface area contributed by atoms with Crippen molar-refractivity contribution in [1.82, 2.24) is 14.9 Å². The van der Waals surface area contributed by atoms with E-state index < -0.39 is 0 Å². The predicted molar refractivity (Wildman–Crippen MR) is 106 cm³/mol. The highest BCUT2D eigenvalue weighted by Gasteiger charge is 2.21. The second-order valence-corrected chi connectivity index (χ2v) is 7.09. The van der Waals surface area contributed by atoms with Crippen molar-refractivity contribution < 1.29 is 4.74 Å². The monoisotopic (exact) mass is 352 g/mol. The summed E-state index contributed by atoms with van der Waals surface area (Å²) >= 11 is 0. The van der Waals surface area contributed by atoms with E-state index in [1.165, 1.54) is 16.7 Å². The summed E-state index contributed by atoms with van der Waals surface area (Å²) in [4.78, 5) is 11.1. The Kier molecular flexibility index (Phi) is 5.89. The van der Waals surface area contributed by atoms with E-state index in [1.807, 2.05) is 0 Å². The van der Waals surface area contributed by atoms with Gasteiger partial charge in [-0.1, -0.05) is 43.7 Å². The van der Waals surface area contributed by atoms with Gasteiger partial charge in [0, 0.05) is 12.1 Å². The average molecular weight is 352 g/mol. The molecule has 5 nitrogen and oxygen atoms in total. The van der Waals surface area contributed by atoms with Crippen LogP contribution in [0.3, 0.4) is 0 Å². The summed E-state index contributed by atoms with van der Waals surface area (Å²) in [6, 6.07) is 9.17. The standard InChI is InChI=1S/C21H28N4O/c1-4-5-12-26-21-23-19-17(10-11-18(19)20(22)24-21)13-15-6-8-16(9-7-15)14-25(2)3/h6-10H,4-5,11-14H2,1-3H3,(H2,22,23,24). The van der Waals surface area contributed by atoms with Gasteiger partial charge in [-0.25, -0.2) is 0 Å². The lowest BCUT2D eigenvalue weighted by Crippen LogP contribution is -2.10. The summed E-state index contributed by atoms with van der Waals surface area (Å²) in [7, 11) is 4.16. The van der Waals surface area contributed by atoms with Crippen molar-refractivity contribution in [2.75, 3.05) is 26.4 Å². The fraction of sp³-hybridized carbons (Fsp3) is 0.429. The molecule has 1 heterocycles. The molecule has 0 fully saturated rings. The lowest BCUT2D eigenvalue weighted by molar-refractivity contribution is 0.285. The highest BCUT2D eigenvalue weighted by atomic mass is 16.5. The van der Waals surface area contributed by atoms with E-state index in [4.69, 9.17) is 10.5 Å². The SMILES string of the molecule is CCCCOc1nc(N)c2c(n1)C(Cc1ccc(CN(C)C)cc1)=CC2. The van der Waals surface area contributed by atoms with Crippen molar-refractivity contribution in [3.05, 3.63) is 52.7 Å². The highest BCUT2D eigenvalue weighted by molar-refractivity contribution is 5.75. The molecular weight excluding hydrogens is 324 g/mol.